The van der Waals surface area contributed by atoms with Gasteiger partial charge in [0, 0.05) is 0 Å². The zero-order valence-electron chi connectivity index (χ0n) is 6.64. The Hall–Kier alpha value is -0.300. The minimum Gasteiger partial charge on any atom is -0.393 e. The minimum atomic E-state index is -0.0495. The lowest BCUT2D eigenvalue weighted by atomic mass is 9.92. The van der Waals surface area contributed by atoms with Gasteiger partial charge in [0.1, 0.15) is 0 Å². The van der Waals surface area contributed by atoms with Crippen molar-refractivity contribution in [3.8, 4) is 0 Å². The van der Waals surface area contributed by atoms with Gasteiger partial charge in [-0.3, -0.25) is 0 Å². The molecule has 0 unspecified atom stereocenters. The Morgan fingerprint density at radius 1 is 1.70 bits per heavy atom. The van der Waals surface area contributed by atoms with Crippen LogP contribution in [0.25, 0.3) is 0 Å². The molecule has 0 aromatic rings. The Labute approximate surface area is 62.8 Å². The molecule has 1 heteroatoms. The molecule has 58 valence electrons. The van der Waals surface area contributed by atoms with E-state index in [9.17, 15) is 5.11 Å². The first-order valence-electron chi connectivity index (χ1n) is 4.19. The van der Waals surface area contributed by atoms with E-state index < -0.39 is 0 Å². The van der Waals surface area contributed by atoms with Crippen LogP contribution in [-0.4, -0.2) is 11.2 Å². The topological polar surface area (TPSA) is 20.2 Å². The van der Waals surface area contributed by atoms with Crippen molar-refractivity contribution in [2.75, 3.05) is 0 Å². The fraction of sp³-hybridized carbons (Fsp3) is 0.778. The Balaban J connectivity index is 2.39. The van der Waals surface area contributed by atoms with Crippen molar-refractivity contribution < 1.29 is 5.11 Å². The Morgan fingerprint density at radius 2 is 2.50 bits per heavy atom. The predicted octanol–water partition coefficient (Wildman–Crippen LogP) is 2.26. The highest BCUT2D eigenvalue weighted by Crippen LogP contribution is 2.23. The van der Waals surface area contributed by atoms with Crippen LogP contribution >= 0.6 is 0 Å². The molecule has 1 saturated carbocycles. The molecule has 0 aromatic heterocycles. The molecular weight excluding hydrogens is 124 g/mol. The van der Waals surface area contributed by atoms with E-state index in [1.165, 1.54) is 18.4 Å². The van der Waals surface area contributed by atoms with Gasteiger partial charge < -0.3 is 5.11 Å². The summed E-state index contributed by atoms with van der Waals surface area (Å²) in [5, 5.41) is 9.27. The maximum atomic E-state index is 9.27. The van der Waals surface area contributed by atoms with Crippen LogP contribution in [0.4, 0.5) is 0 Å². The van der Waals surface area contributed by atoms with Crippen molar-refractivity contribution in [1.29, 1.82) is 0 Å². The van der Waals surface area contributed by atoms with Crippen LogP contribution in [0.15, 0.2) is 11.6 Å². The van der Waals surface area contributed by atoms with Gasteiger partial charge in [-0.05, 0) is 32.1 Å². The van der Waals surface area contributed by atoms with E-state index in [4.69, 9.17) is 0 Å². The van der Waals surface area contributed by atoms with Gasteiger partial charge >= 0.3 is 0 Å². The second-order valence-corrected chi connectivity index (χ2v) is 3.02. The quantitative estimate of drug-likeness (QED) is 0.554. The van der Waals surface area contributed by atoms with Crippen molar-refractivity contribution in [3.63, 3.8) is 0 Å². The third kappa shape index (κ3) is 2.14. The summed E-state index contributed by atoms with van der Waals surface area (Å²) in [4.78, 5) is 0. The number of aliphatic hydroxyl groups excluding tert-OH is 1. The molecule has 0 aromatic carbocycles. The van der Waals surface area contributed by atoms with Gasteiger partial charge in [-0.1, -0.05) is 18.6 Å². The van der Waals surface area contributed by atoms with E-state index in [0.29, 0.717) is 0 Å². The largest absolute Gasteiger partial charge is 0.393 e. The van der Waals surface area contributed by atoms with Crippen molar-refractivity contribution in [2.45, 2.75) is 45.1 Å². The molecule has 0 spiro atoms. The molecular formula is C9H16O. The molecule has 0 bridgehead atoms. The molecule has 1 nitrogen and oxygen atoms in total. The summed E-state index contributed by atoms with van der Waals surface area (Å²) in [5.74, 6) is 0. The van der Waals surface area contributed by atoms with Crippen LogP contribution in [-0.2, 0) is 0 Å². The van der Waals surface area contributed by atoms with E-state index in [2.05, 4.69) is 13.0 Å². The highest BCUT2D eigenvalue weighted by Gasteiger charge is 2.12. The van der Waals surface area contributed by atoms with Crippen LogP contribution < -0.4 is 0 Å². The van der Waals surface area contributed by atoms with E-state index in [1.807, 2.05) is 0 Å². The van der Waals surface area contributed by atoms with Gasteiger partial charge in [-0.25, -0.2) is 0 Å². The van der Waals surface area contributed by atoms with Crippen LogP contribution in [0.3, 0.4) is 0 Å². The van der Waals surface area contributed by atoms with Gasteiger partial charge in [0.05, 0.1) is 6.10 Å². The normalized spacial score (nSPS) is 31.0. The zero-order chi connectivity index (χ0) is 7.40. The van der Waals surface area contributed by atoms with Crippen molar-refractivity contribution in [3.05, 3.63) is 11.6 Å². The lowest BCUT2D eigenvalue weighted by Crippen LogP contribution is -2.12. The lowest BCUT2D eigenvalue weighted by molar-refractivity contribution is 0.149. The van der Waals surface area contributed by atoms with Crippen molar-refractivity contribution in [2.24, 2.45) is 0 Å². The summed E-state index contributed by atoms with van der Waals surface area (Å²) >= 11 is 0. The minimum absolute atomic E-state index is 0.0495. The lowest BCUT2D eigenvalue weighted by Gasteiger charge is -2.19. The second-order valence-electron chi connectivity index (χ2n) is 3.02. The van der Waals surface area contributed by atoms with Crippen molar-refractivity contribution in [1.82, 2.24) is 0 Å². The first-order valence-corrected chi connectivity index (χ1v) is 4.19. The molecule has 1 rings (SSSR count). The molecule has 0 saturated heterocycles. The van der Waals surface area contributed by atoms with Crippen molar-refractivity contribution >= 4 is 0 Å². The van der Waals surface area contributed by atoms with Gasteiger partial charge in [-0.15, -0.1) is 0 Å². The molecule has 1 fully saturated rings. The molecule has 0 aliphatic heterocycles. The summed E-state index contributed by atoms with van der Waals surface area (Å²) in [6, 6.07) is 0. The van der Waals surface area contributed by atoms with Gasteiger partial charge in [0.2, 0.25) is 0 Å². The van der Waals surface area contributed by atoms with E-state index in [-0.39, 0.29) is 6.10 Å². The summed E-state index contributed by atoms with van der Waals surface area (Å²) in [5.41, 5.74) is 1.46. The predicted molar refractivity (Wildman–Crippen MR) is 42.8 cm³/mol. The molecule has 1 aliphatic carbocycles. The highest BCUT2D eigenvalue weighted by atomic mass is 16.3. The third-order valence-electron chi connectivity index (χ3n) is 2.03. The maximum absolute atomic E-state index is 9.27. The van der Waals surface area contributed by atoms with Gasteiger partial charge in [0.15, 0.2) is 0 Å². The van der Waals surface area contributed by atoms with E-state index >= 15 is 0 Å². The second kappa shape index (κ2) is 3.77. The molecule has 1 N–H and O–H groups in total. The molecule has 0 amide bonds. The van der Waals surface area contributed by atoms with Crippen LogP contribution in [0, 0.1) is 0 Å². The standard InChI is InChI=1S/C9H16O/c1-2-4-8-5-3-6-9(10)7-8/h4,9-10H,2-3,5-7H2,1H3/b8-4+/t9-/m0/s1. The van der Waals surface area contributed by atoms with Crippen LogP contribution in [0.1, 0.15) is 39.0 Å². The van der Waals surface area contributed by atoms with Gasteiger partial charge in [0.25, 0.3) is 0 Å². The Bertz CT molecular complexity index is 127. The molecule has 0 radical (unpaired) electrons. The van der Waals surface area contributed by atoms with Crippen LogP contribution in [0.5, 0.6) is 0 Å². The summed E-state index contributed by atoms with van der Waals surface area (Å²) in [7, 11) is 0. The SMILES string of the molecule is CC/C=C1\CCC[C@H](O)C1. The molecule has 1 atom stereocenters. The average molecular weight is 140 g/mol. The number of rotatable bonds is 1. The Morgan fingerprint density at radius 3 is 3.10 bits per heavy atom. The monoisotopic (exact) mass is 140 g/mol. The van der Waals surface area contributed by atoms with E-state index in [0.717, 1.165) is 19.3 Å². The molecule has 10 heavy (non-hydrogen) atoms. The molecule has 0 heterocycles. The maximum Gasteiger partial charge on any atom is 0.0577 e. The number of allylic oxidation sites excluding steroid dienone is 1. The average Bonchev–Trinajstić information content (AvgIpc) is 1.88. The fourth-order valence-electron chi connectivity index (χ4n) is 1.55. The van der Waals surface area contributed by atoms with E-state index in [1.54, 1.807) is 0 Å². The number of aliphatic hydroxyl groups is 1. The highest BCUT2D eigenvalue weighted by molar-refractivity contribution is 5.05. The third-order valence-corrected chi connectivity index (χ3v) is 2.03. The van der Waals surface area contributed by atoms with Crippen LogP contribution in [0.2, 0.25) is 0 Å². The fourth-order valence-corrected chi connectivity index (χ4v) is 1.55. The number of hydrogen-bond donors (Lipinski definition) is 1. The smallest absolute Gasteiger partial charge is 0.0577 e. The first-order chi connectivity index (χ1) is 4.83. The zero-order valence-corrected chi connectivity index (χ0v) is 6.64. The van der Waals surface area contributed by atoms with Gasteiger partial charge in [-0.2, -0.15) is 0 Å². The molecule has 1 aliphatic rings. The summed E-state index contributed by atoms with van der Waals surface area (Å²) in [6.07, 6.45) is 7.63. The summed E-state index contributed by atoms with van der Waals surface area (Å²) in [6.45, 7) is 2.15. The first kappa shape index (κ1) is 7.80. The number of hydrogen-bond acceptors (Lipinski definition) is 1. The Kier molecular flexibility index (Phi) is 2.94. The summed E-state index contributed by atoms with van der Waals surface area (Å²) < 4.78 is 0.